The number of carbonyl (C=O) groups excluding carboxylic acids is 2. The van der Waals surface area contributed by atoms with Crippen LogP contribution in [0.15, 0.2) is 30.3 Å². The van der Waals surface area contributed by atoms with Crippen LogP contribution in [-0.2, 0) is 24.3 Å². The highest BCUT2D eigenvalue weighted by Crippen LogP contribution is 2.24. The van der Waals surface area contributed by atoms with E-state index in [0.29, 0.717) is 17.7 Å². The summed E-state index contributed by atoms with van der Waals surface area (Å²) in [6.07, 6.45) is -1.44. The Kier molecular flexibility index (Phi) is 5.48. The van der Waals surface area contributed by atoms with Crippen molar-refractivity contribution in [2.75, 3.05) is 7.05 Å². The van der Waals surface area contributed by atoms with Crippen molar-refractivity contribution in [1.82, 2.24) is 25.5 Å². The molecule has 0 radical (unpaired) electrons. The number of ether oxygens (including phenoxy) is 1. The molecule has 1 aliphatic heterocycles. The number of carboxylic acid groups (broad SMARTS) is 1. The summed E-state index contributed by atoms with van der Waals surface area (Å²) >= 11 is 0. The summed E-state index contributed by atoms with van der Waals surface area (Å²) in [5.74, 6) is -0.551. The molecule has 148 valence electrons. The number of H-pyrrole nitrogens is 1. The van der Waals surface area contributed by atoms with Crippen molar-refractivity contribution in [2.24, 2.45) is 0 Å². The quantitative estimate of drug-likeness (QED) is 0.689. The van der Waals surface area contributed by atoms with E-state index in [0.717, 1.165) is 10.6 Å². The predicted molar refractivity (Wildman–Crippen MR) is 97.2 cm³/mol. The zero-order valence-electron chi connectivity index (χ0n) is 15.5. The Morgan fingerprint density at radius 1 is 1.36 bits per heavy atom. The van der Waals surface area contributed by atoms with E-state index in [1.165, 1.54) is 11.9 Å². The number of aromatic nitrogens is 2. The van der Waals surface area contributed by atoms with Crippen molar-refractivity contribution < 1.29 is 24.2 Å². The molecular weight excluding hydrogens is 366 g/mol. The normalized spacial score (nSPS) is 15.5. The van der Waals surface area contributed by atoms with Crippen molar-refractivity contribution in [3.8, 4) is 0 Å². The van der Waals surface area contributed by atoms with Crippen LogP contribution in [0.3, 0.4) is 0 Å². The highest BCUT2D eigenvalue weighted by molar-refractivity contribution is 5.94. The molecule has 0 aliphatic carbocycles. The minimum Gasteiger partial charge on any atom is -0.465 e. The molecular formula is C18H21N5O5. The van der Waals surface area contributed by atoms with E-state index in [4.69, 9.17) is 4.74 Å². The second-order valence-electron chi connectivity index (χ2n) is 6.53. The number of hydrogen-bond donors (Lipinski definition) is 3. The van der Waals surface area contributed by atoms with Crippen LogP contribution in [0.1, 0.15) is 34.2 Å². The van der Waals surface area contributed by atoms with Gasteiger partial charge in [-0.05, 0) is 12.5 Å². The Bertz CT molecular complexity index is 882. The number of nitrogens with zero attached hydrogens (tertiary/aromatic N) is 3. The Morgan fingerprint density at radius 3 is 2.75 bits per heavy atom. The van der Waals surface area contributed by atoms with Gasteiger partial charge in [0.25, 0.3) is 5.91 Å². The minimum absolute atomic E-state index is 0.0513. The van der Waals surface area contributed by atoms with Gasteiger partial charge in [-0.2, -0.15) is 5.10 Å². The standard InChI is InChI=1S/C18H21N5O5/c1-11-8-14-13(9-23(11)18(26)27)15(20-19-14)16(24)22(2)21-17(25)28-10-12-6-4-3-5-7-12/h3-7,11H,8-10H2,1-2H3,(H,19,20)(H,21,25)(H,26,27). The van der Waals surface area contributed by atoms with Crippen LogP contribution in [-0.4, -0.2) is 56.4 Å². The predicted octanol–water partition coefficient (Wildman–Crippen LogP) is 1.75. The molecule has 0 spiro atoms. The topological polar surface area (TPSA) is 128 Å². The van der Waals surface area contributed by atoms with E-state index in [9.17, 15) is 19.5 Å². The van der Waals surface area contributed by atoms with Gasteiger partial charge in [0.2, 0.25) is 0 Å². The van der Waals surface area contributed by atoms with Gasteiger partial charge in [-0.1, -0.05) is 30.3 Å². The number of benzene rings is 1. The first-order valence-electron chi connectivity index (χ1n) is 8.68. The first-order chi connectivity index (χ1) is 13.4. The molecule has 0 saturated carbocycles. The van der Waals surface area contributed by atoms with E-state index in [2.05, 4.69) is 15.6 Å². The van der Waals surface area contributed by atoms with Crippen LogP contribution in [0, 0.1) is 0 Å². The van der Waals surface area contributed by atoms with Gasteiger partial charge in [0, 0.05) is 25.1 Å². The lowest BCUT2D eigenvalue weighted by Crippen LogP contribution is -2.45. The lowest BCUT2D eigenvalue weighted by atomic mass is 10.00. The molecule has 1 aromatic heterocycles. The third-order valence-corrected chi connectivity index (χ3v) is 4.54. The summed E-state index contributed by atoms with van der Waals surface area (Å²) < 4.78 is 5.09. The summed E-state index contributed by atoms with van der Waals surface area (Å²) in [6, 6.07) is 8.90. The number of fused-ring (bicyclic) bond motifs is 1. The van der Waals surface area contributed by atoms with Crippen molar-refractivity contribution in [2.45, 2.75) is 32.5 Å². The third-order valence-electron chi connectivity index (χ3n) is 4.54. The summed E-state index contributed by atoms with van der Waals surface area (Å²) in [5, 5.41) is 17.1. The number of hydrazine groups is 1. The first-order valence-corrected chi connectivity index (χ1v) is 8.68. The van der Waals surface area contributed by atoms with E-state index < -0.39 is 18.1 Å². The highest BCUT2D eigenvalue weighted by Gasteiger charge is 2.33. The highest BCUT2D eigenvalue weighted by atomic mass is 16.6. The molecule has 3 N–H and O–H groups in total. The van der Waals surface area contributed by atoms with Crippen LogP contribution >= 0.6 is 0 Å². The van der Waals surface area contributed by atoms with Gasteiger partial charge in [0.15, 0.2) is 0 Å². The smallest absolute Gasteiger partial charge is 0.426 e. The van der Waals surface area contributed by atoms with E-state index in [1.807, 2.05) is 30.3 Å². The molecule has 2 aromatic rings. The molecule has 1 aromatic carbocycles. The first kappa shape index (κ1) is 19.2. The molecule has 0 fully saturated rings. The molecule has 3 amide bonds. The summed E-state index contributed by atoms with van der Waals surface area (Å²) in [5.41, 5.74) is 4.45. The zero-order valence-corrected chi connectivity index (χ0v) is 15.5. The lowest BCUT2D eigenvalue weighted by molar-refractivity contribution is 0.0648. The molecule has 1 aliphatic rings. The van der Waals surface area contributed by atoms with Gasteiger partial charge in [0.05, 0.1) is 12.2 Å². The van der Waals surface area contributed by atoms with Gasteiger partial charge in [-0.25, -0.2) is 20.0 Å². The van der Waals surface area contributed by atoms with E-state index >= 15 is 0 Å². The second kappa shape index (κ2) is 7.99. The number of amides is 3. The van der Waals surface area contributed by atoms with E-state index in [-0.39, 0.29) is 24.9 Å². The minimum atomic E-state index is -1.06. The summed E-state index contributed by atoms with van der Waals surface area (Å²) in [4.78, 5) is 37.2. The molecule has 28 heavy (non-hydrogen) atoms. The SMILES string of the molecule is CC1Cc2n[nH]c(C(=O)N(C)NC(=O)OCc3ccccc3)c2CN1C(=O)O. The molecule has 3 rings (SSSR count). The fourth-order valence-electron chi connectivity index (χ4n) is 3.00. The molecule has 0 saturated heterocycles. The Labute approximate surface area is 161 Å². The summed E-state index contributed by atoms with van der Waals surface area (Å²) in [6.45, 7) is 1.90. The van der Waals surface area contributed by atoms with E-state index in [1.54, 1.807) is 6.92 Å². The maximum absolute atomic E-state index is 12.7. The van der Waals surface area contributed by atoms with Crippen LogP contribution in [0.2, 0.25) is 0 Å². The van der Waals surface area contributed by atoms with Crippen LogP contribution < -0.4 is 5.43 Å². The average molecular weight is 387 g/mol. The van der Waals surface area contributed by atoms with Gasteiger partial charge < -0.3 is 14.7 Å². The van der Waals surface area contributed by atoms with Gasteiger partial charge >= 0.3 is 12.2 Å². The van der Waals surface area contributed by atoms with Crippen molar-refractivity contribution in [3.05, 3.63) is 52.8 Å². The van der Waals surface area contributed by atoms with Gasteiger partial charge in [-0.15, -0.1) is 0 Å². The third kappa shape index (κ3) is 4.05. The zero-order chi connectivity index (χ0) is 20.3. The van der Waals surface area contributed by atoms with Gasteiger partial charge in [0.1, 0.15) is 12.3 Å². The number of nitrogens with one attached hydrogen (secondary N) is 2. The van der Waals surface area contributed by atoms with Crippen LogP contribution in [0.4, 0.5) is 9.59 Å². The number of carbonyl (C=O) groups is 3. The second-order valence-corrected chi connectivity index (χ2v) is 6.53. The largest absolute Gasteiger partial charge is 0.465 e. The van der Waals surface area contributed by atoms with Crippen LogP contribution in [0.5, 0.6) is 0 Å². The Balaban J connectivity index is 1.63. The van der Waals surface area contributed by atoms with Crippen molar-refractivity contribution >= 4 is 18.1 Å². The summed E-state index contributed by atoms with van der Waals surface area (Å²) in [7, 11) is 1.37. The number of rotatable bonds is 3. The molecule has 1 unspecified atom stereocenters. The maximum Gasteiger partial charge on any atom is 0.426 e. The Morgan fingerprint density at radius 2 is 2.07 bits per heavy atom. The van der Waals surface area contributed by atoms with Crippen LogP contribution in [0.25, 0.3) is 0 Å². The average Bonchev–Trinajstić information content (AvgIpc) is 3.08. The maximum atomic E-state index is 12.7. The number of aromatic amines is 1. The molecule has 0 bridgehead atoms. The van der Waals surface area contributed by atoms with Crippen molar-refractivity contribution in [3.63, 3.8) is 0 Å². The molecule has 10 heteroatoms. The van der Waals surface area contributed by atoms with Gasteiger partial charge in [-0.3, -0.25) is 9.89 Å². The fourth-order valence-corrected chi connectivity index (χ4v) is 3.00. The lowest BCUT2D eigenvalue weighted by Gasteiger charge is -2.30. The Hall–Kier alpha value is -3.56. The molecule has 2 heterocycles. The molecule has 1 atom stereocenters. The molecule has 10 nitrogen and oxygen atoms in total. The number of hydrogen-bond acceptors (Lipinski definition) is 5. The van der Waals surface area contributed by atoms with Crippen molar-refractivity contribution in [1.29, 1.82) is 0 Å². The monoisotopic (exact) mass is 387 g/mol. The fraction of sp³-hybridized carbons (Fsp3) is 0.333.